The first-order valence-corrected chi connectivity index (χ1v) is 12.0. The summed E-state index contributed by atoms with van der Waals surface area (Å²) in [6, 6.07) is 0. The zero-order valence-electron chi connectivity index (χ0n) is 20.0. The molecule has 0 saturated carbocycles. The van der Waals surface area contributed by atoms with Crippen LogP contribution in [0.5, 0.6) is 0 Å². The summed E-state index contributed by atoms with van der Waals surface area (Å²) in [5.74, 6) is 0. The molecule has 0 unspecified atom stereocenters. The van der Waals surface area contributed by atoms with Gasteiger partial charge in [0.2, 0.25) is 0 Å². The van der Waals surface area contributed by atoms with Crippen LogP contribution >= 0.6 is 28.3 Å². The van der Waals surface area contributed by atoms with Crippen molar-refractivity contribution in [3.05, 3.63) is 23.5 Å². The van der Waals surface area contributed by atoms with Crippen molar-refractivity contribution in [3.63, 3.8) is 0 Å². The molecule has 0 aliphatic carbocycles. The molecule has 0 spiro atoms. The summed E-state index contributed by atoms with van der Waals surface area (Å²) in [7, 11) is -1.31. The third kappa shape index (κ3) is 11.7. The Morgan fingerprint density at radius 1 is 0.593 bits per heavy atom. The standard InChI is InChI=1S/C16H36N4P2.C2H5.CH2Cl.Zr/c1-13(2,3)17-21-19(15(7,8)9)22(18-14(4,5)6)20(21)16(10,11)12;2*1-2;/h1-12H3;1H2,2H3;1H2;/q-2;2*-1;+4. The molecule has 0 atom stereocenters. The van der Waals surface area contributed by atoms with E-state index in [1.165, 1.54) is 0 Å². The van der Waals surface area contributed by atoms with E-state index in [9.17, 15) is 0 Å². The molecular formula is C19H43ClN4P2Zr. The van der Waals surface area contributed by atoms with Crippen LogP contribution in [0, 0.1) is 13.3 Å². The van der Waals surface area contributed by atoms with Crippen LogP contribution in [-0.2, 0) is 26.2 Å². The molecule has 1 saturated heterocycles. The second kappa shape index (κ2) is 12.7. The van der Waals surface area contributed by atoms with E-state index in [-0.39, 0.29) is 48.4 Å². The summed E-state index contributed by atoms with van der Waals surface area (Å²) in [5.41, 5.74) is 0.120. The van der Waals surface area contributed by atoms with E-state index >= 15 is 0 Å². The molecular weight excluding hydrogens is 473 g/mol. The van der Waals surface area contributed by atoms with Crippen molar-refractivity contribution in [1.29, 1.82) is 0 Å². The molecule has 1 aliphatic heterocycles. The summed E-state index contributed by atoms with van der Waals surface area (Å²) >= 11 is 4.39. The van der Waals surface area contributed by atoms with Gasteiger partial charge in [-0.15, -0.1) is 11.1 Å². The molecule has 0 aromatic heterocycles. The maximum Gasteiger partial charge on any atom is 4.00 e. The molecule has 1 heterocycles. The van der Waals surface area contributed by atoms with Gasteiger partial charge in [-0.25, -0.2) is 0 Å². The third-order valence-electron chi connectivity index (χ3n) is 2.66. The predicted octanol–water partition coefficient (Wildman–Crippen LogP) is 8.85. The minimum absolute atomic E-state index is 0. The average molecular weight is 516 g/mol. The number of halogens is 1. The van der Waals surface area contributed by atoms with Gasteiger partial charge in [-0.05, 0) is 41.5 Å². The molecule has 0 N–H and O–H groups in total. The first kappa shape index (κ1) is 33.5. The Morgan fingerprint density at radius 2 is 0.778 bits per heavy atom. The smallest absolute Gasteiger partial charge is 0.605 e. The predicted molar refractivity (Wildman–Crippen MR) is 125 cm³/mol. The fourth-order valence-corrected chi connectivity index (χ4v) is 8.00. The summed E-state index contributed by atoms with van der Waals surface area (Å²) in [4.78, 5) is 0. The monoisotopic (exact) mass is 514 g/mol. The molecule has 0 radical (unpaired) electrons. The summed E-state index contributed by atoms with van der Waals surface area (Å²) in [5, 5.41) is 10.3. The molecule has 8 heteroatoms. The van der Waals surface area contributed by atoms with Gasteiger partial charge in [-0.1, -0.05) is 58.3 Å². The maximum atomic E-state index is 5.16. The quantitative estimate of drug-likeness (QED) is 0.272. The van der Waals surface area contributed by atoms with E-state index in [1.54, 1.807) is 6.92 Å². The van der Waals surface area contributed by atoms with Gasteiger partial charge in [-0.2, -0.15) is 6.92 Å². The van der Waals surface area contributed by atoms with Crippen molar-refractivity contribution in [2.75, 3.05) is 0 Å². The van der Waals surface area contributed by atoms with Crippen molar-refractivity contribution in [2.24, 2.45) is 0 Å². The Labute approximate surface area is 198 Å². The first-order valence-electron chi connectivity index (χ1n) is 9.07. The van der Waals surface area contributed by atoms with Crippen LogP contribution < -0.4 is 0 Å². The number of hydrogen-bond acceptors (Lipinski definition) is 2. The SMILES string of the molecule is CC(C)(C)[N-]P1N(C(C)(C)C)P([N-]C(C)(C)C)N1C(C)(C)C.[CH2-]C.[CH2-]Cl.[Zr+4]. The maximum absolute atomic E-state index is 5.16. The van der Waals surface area contributed by atoms with Gasteiger partial charge in [0.05, 0.1) is 0 Å². The van der Waals surface area contributed by atoms with E-state index in [0.29, 0.717) is 0 Å². The zero-order valence-corrected chi connectivity index (χ0v) is 25.0. The van der Waals surface area contributed by atoms with Crippen LogP contribution in [-0.4, -0.2) is 31.0 Å². The molecule has 4 nitrogen and oxygen atoms in total. The van der Waals surface area contributed by atoms with Gasteiger partial charge in [-0.3, -0.25) is 15.3 Å². The average Bonchev–Trinajstić information content (AvgIpc) is 2.35. The van der Waals surface area contributed by atoms with E-state index in [1.807, 2.05) is 0 Å². The Morgan fingerprint density at radius 3 is 0.889 bits per heavy atom. The molecule has 1 aliphatic rings. The van der Waals surface area contributed by atoms with Crippen molar-refractivity contribution >= 4 is 28.3 Å². The van der Waals surface area contributed by atoms with Crippen LogP contribution in [0.25, 0.3) is 10.2 Å². The van der Waals surface area contributed by atoms with Gasteiger partial charge in [0.15, 0.2) is 0 Å². The number of rotatable bonds is 2. The van der Waals surface area contributed by atoms with Crippen LogP contribution in [0.15, 0.2) is 0 Å². The first-order chi connectivity index (χ1) is 11.4. The molecule has 160 valence electrons. The normalized spacial score (nSPS) is 21.8. The Hall–Kier alpha value is 1.87. The summed E-state index contributed by atoms with van der Waals surface area (Å²) < 4.78 is 5.14. The molecule has 0 aromatic carbocycles. The summed E-state index contributed by atoms with van der Waals surface area (Å²) in [6.45, 7) is 31.9. The molecule has 27 heavy (non-hydrogen) atoms. The fraction of sp³-hybridized carbons (Fsp3) is 0.895. The molecule has 0 amide bonds. The van der Waals surface area contributed by atoms with Crippen LogP contribution in [0.3, 0.4) is 0 Å². The molecule has 1 rings (SSSR count). The largest absolute Gasteiger partial charge is 4.00 e. The van der Waals surface area contributed by atoms with E-state index in [0.717, 1.165) is 0 Å². The topological polar surface area (TPSA) is 34.7 Å². The van der Waals surface area contributed by atoms with Gasteiger partial charge < -0.3 is 28.7 Å². The van der Waals surface area contributed by atoms with Crippen molar-refractivity contribution < 1.29 is 26.2 Å². The fourth-order valence-electron chi connectivity index (χ4n) is 2.05. The Balaban J connectivity index is -0.00000108. The van der Waals surface area contributed by atoms with Gasteiger partial charge in [0.1, 0.15) is 0 Å². The Kier molecular flexibility index (Phi) is 15.7. The van der Waals surface area contributed by atoms with Gasteiger partial charge in [0.25, 0.3) is 0 Å². The minimum atomic E-state index is -0.654. The van der Waals surface area contributed by atoms with Crippen molar-refractivity contribution in [1.82, 2.24) is 8.88 Å². The van der Waals surface area contributed by atoms with Crippen molar-refractivity contribution in [3.8, 4) is 0 Å². The molecule has 0 aromatic rings. The second-order valence-corrected chi connectivity index (χ2v) is 13.7. The zero-order chi connectivity index (χ0) is 21.7. The van der Waals surface area contributed by atoms with Gasteiger partial charge in [0, 0.05) is 11.1 Å². The minimum Gasteiger partial charge on any atom is -0.605 e. The van der Waals surface area contributed by atoms with Crippen LogP contribution in [0.4, 0.5) is 0 Å². The summed E-state index contributed by atoms with van der Waals surface area (Å²) in [6.07, 6.45) is 2.72. The number of hydrogen-bond donors (Lipinski definition) is 0. The number of nitrogens with zero attached hydrogens (tertiary/aromatic N) is 4. The third-order valence-corrected chi connectivity index (χ3v) is 9.89. The molecule has 0 bridgehead atoms. The second-order valence-electron chi connectivity index (χ2n) is 10.00. The van der Waals surface area contributed by atoms with E-state index in [4.69, 9.17) is 10.2 Å². The Bertz CT molecular complexity index is 352. The van der Waals surface area contributed by atoms with Crippen LogP contribution in [0.1, 0.15) is 90.0 Å². The van der Waals surface area contributed by atoms with E-state index < -0.39 is 16.7 Å². The van der Waals surface area contributed by atoms with Crippen LogP contribution in [0.2, 0.25) is 0 Å². The van der Waals surface area contributed by atoms with E-state index in [2.05, 4.69) is 117 Å². The van der Waals surface area contributed by atoms with Crippen molar-refractivity contribution in [2.45, 2.75) is 112 Å². The molecule has 1 fully saturated rings. The van der Waals surface area contributed by atoms with Gasteiger partial charge >= 0.3 is 26.2 Å².